The second-order valence-electron chi connectivity index (χ2n) is 5.16. The van der Waals surface area contributed by atoms with Gasteiger partial charge in [0, 0.05) is 10.9 Å². The fourth-order valence-corrected chi connectivity index (χ4v) is 3.06. The van der Waals surface area contributed by atoms with Crippen molar-refractivity contribution >= 4 is 22.8 Å². The standard InChI is InChI=1S/C17H15N3O2S/c1-12-4-6-13(7-5-12)17(15-3-2-10-23-15)19-16-9-8-14(11-18-16)20(21)22/h2-11,17H,1H3,(H,18,19). The lowest BCUT2D eigenvalue weighted by Gasteiger charge is -2.18. The van der Waals surface area contributed by atoms with Crippen LogP contribution in [0.4, 0.5) is 11.5 Å². The van der Waals surface area contributed by atoms with E-state index in [9.17, 15) is 10.1 Å². The van der Waals surface area contributed by atoms with Crippen LogP contribution in [-0.2, 0) is 0 Å². The molecule has 1 aromatic carbocycles. The molecule has 0 aliphatic heterocycles. The first-order chi connectivity index (χ1) is 11.1. The molecule has 3 aromatic rings. The van der Waals surface area contributed by atoms with Gasteiger partial charge in [-0.25, -0.2) is 4.98 Å². The van der Waals surface area contributed by atoms with Crippen molar-refractivity contribution in [2.24, 2.45) is 0 Å². The topological polar surface area (TPSA) is 68.1 Å². The van der Waals surface area contributed by atoms with Gasteiger partial charge in [-0.15, -0.1) is 11.3 Å². The quantitative estimate of drug-likeness (QED) is 0.551. The van der Waals surface area contributed by atoms with Crippen LogP contribution in [0.15, 0.2) is 60.1 Å². The average Bonchev–Trinajstić information content (AvgIpc) is 3.08. The van der Waals surface area contributed by atoms with E-state index in [2.05, 4.69) is 47.6 Å². The van der Waals surface area contributed by atoms with Crippen LogP contribution in [0.3, 0.4) is 0 Å². The van der Waals surface area contributed by atoms with E-state index in [1.165, 1.54) is 17.8 Å². The summed E-state index contributed by atoms with van der Waals surface area (Å²) in [6, 6.07) is 15.4. The molecule has 0 bridgehead atoms. The summed E-state index contributed by atoms with van der Waals surface area (Å²) in [6.45, 7) is 2.05. The van der Waals surface area contributed by atoms with Crippen molar-refractivity contribution in [3.63, 3.8) is 0 Å². The first kappa shape index (κ1) is 15.2. The van der Waals surface area contributed by atoms with Crippen molar-refractivity contribution in [2.75, 3.05) is 5.32 Å². The predicted octanol–water partition coefficient (Wildman–Crippen LogP) is 4.56. The molecule has 5 nitrogen and oxygen atoms in total. The van der Waals surface area contributed by atoms with Gasteiger partial charge in [-0.3, -0.25) is 10.1 Å². The molecule has 0 radical (unpaired) electrons. The Morgan fingerprint density at radius 3 is 2.52 bits per heavy atom. The molecule has 0 spiro atoms. The Balaban J connectivity index is 1.90. The third-order valence-electron chi connectivity index (χ3n) is 3.49. The van der Waals surface area contributed by atoms with Crippen LogP contribution in [0.2, 0.25) is 0 Å². The third kappa shape index (κ3) is 3.54. The summed E-state index contributed by atoms with van der Waals surface area (Å²) in [5.74, 6) is 0.606. The monoisotopic (exact) mass is 325 g/mol. The van der Waals surface area contributed by atoms with E-state index in [1.807, 2.05) is 11.4 Å². The van der Waals surface area contributed by atoms with Crippen LogP contribution in [0, 0.1) is 17.0 Å². The molecule has 1 atom stereocenters. The van der Waals surface area contributed by atoms with Crippen molar-refractivity contribution in [3.05, 3.63) is 86.2 Å². The van der Waals surface area contributed by atoms with E-state index < -0.39 is 4.92 Å². The molecule has 116 valence electrons. The largest absolute Gasteiger partial charge is 0.358 e. The van der Waals surface area contributed by atoms with Crippen molar-refractivity contribution in [3.8, 4) is 0 Å². The Hall–Kier alpha value is -2.73. The number of hydrogen-bond acceptors (Lipinski definition) is 5. The predicted molar refractivity (Wildman–Crippen MR) is 91.9 cm³/mol. The zero-order valence-corrected chi connectivity index (χ0v) is 13.3. The van der Waals surface area contributed by atoms with Crippen LogP contribution in [0.1, 0.15) is 22.0 Å². The molecule has 2 heterocycles. The van der Waals surface area contributed by atoms with E-state index in [0.717, 1.165) is 10.4 Å². The number of benzene rings is 1. The number of pyridine rings is 1. The number of nitro groups is 1. The minimum absolute atomic E-state index is 0.0152. The summed E-state index contributed by atoms with van der Waals surface area (Å²) in [4.78, 5) is 15.6. The molecule has 1 unspecified atom stereocenters. The fraction of sp³-hybridized carbons (Fsp3) is 0.118. The molecular formula is C17H15N3O2S. The van der Waals surface area contributed by atoms with Gasteiger partial charge in [0.2, 0.25) is 0 Å². The van der Waals surface area contributed by atoms with E-state index in [4.69, 9.17) is 0 Å². The van der Waals surface area contributed by atoms with Gasteiger partial charge in [0.15, 0.2) is 0 Å². The molecule has 3 rings (SSSR count). The Bertz CT molecular complexity index is 784. The maximum Gasteiger partial charge on any atom is 0.287 e. The third-order valence-corrected chi connectivity index (χ3v) is 4.43. The summed E-state index contributed by atoms with van der Waals surface area (Å²) >= 11 is 1.66. The van der Waals surface area contributed by atoms with Gasteiger partial charge in [-0.2, -0.15) is 0 Å². The minimum Gasteiger partial charge on any atom is -0.358 e. The van der Waals surface area contributed by atoms with Crippen LogP contribution in [-0.4, -0.2) is 9.91 Å². The number of rotatable bonds is 5. The fourth-order valence-electron chi connectivity index (χ4n) is 2.26. The highest BCUT2D eigenvalue weighted by Crippen LogP contribution is 2.29. The zero-order valence-electron chi connectivity index (χ0n) is 12.5. The average molecular weight is 325 g/mol. The second-order valence-corrected chi connectivity index (χ2v) is 6.14. The molecule has 2 aromatic heterocycles. The Morgan fingerprint density at radius 1 is 1.17 bits per heavy atom. The lowest BCUT2D eigenvalue weighted by molar-refractivity contribution is -0.385. The number of hydrogen-bond donors (Lipinski definition) is 1. The highest BCUT2D eigenvalue weighted by molar-refractivity contribution is 7.10. The highest BCUT2D eigenvalue weighted by atomic mass is 32.1. The summed E-state index contributed by atoms with van der Waals surface area (Å²) in [5.41, 5.74) is 2.31. The van der Waals surface area contributed by atoms with E-state index in [1.54, 1.807) is 17.4 Å². The maximum atomic E-state index is 10.7. The molecule has 1 N–H and O–H groups in total. The smallest absolute Gasteiger partial charge is 0.287 e. The van der Waals surface area contributed by atoms with Crippen molar-refractivity contribution in [1.29, 1.82) is 0 Å². The van der Waals surface area contributed by atoms with Crippen LogP contribution < -0.4 is 5.32 Å². The lowest BCUT2D eigenvalue weighted by atomic mass is 10.0. The molecule has 0 saturated heterocycles. The van der Waals surface area contributed by atoms with Gasteiger partial charge in [-0.1, -0.05) is 35.9 Å². The minimum atomic E-state index is -0.451. The van der Waals surface area contributed by atoms with E-state index >= 15 is 0 Å². The highest BCUT2D eigenvalue weighted by Gasteiger charge is 2.16. The molecular weight excluding hydrogens is 310 g/mol. The first-order valence-corrected chi connectivity index (χ1v) is 7.98. The SMILES string of the molecule is Cc1ccc(C(Nc2ccc([N+](=O)[O-])cn2)c2cccs2)cc1. The van der Waals surface area contributed by atoms with Gasteiger partial charge in [-0.05, 0) is 30.0 Å². The van der Waals surface area contributed by atoms with Gasteiger partial charge in [0.1, 0.15) is 12.0 Å². The number of aryl methyl sites for hydroxylation is 1. The van der Waals surface area contributed by atoms with Gasteiger partial charge < -0.3 is 5.32 Å². The number of nitrogens with zero attached hydrogens (tertiary/aromatic N) is 2. The van der Waals surface area contributed by atoms with Crippen LogP contribution in [0.25, 0.3) is 0 Å². The van der Waals surface area contributed by atoms with Crippen molar-refractivity contribution in [1.82, 2.24) is 4.98 Å². The summed E-state index contributed by atoms with van der Waals surface area (Å²) in [6.07, 6.45) is 1.27. The number of nitrogens with one attached hydrogen (secondary N) is 1. The molecule has 0 amide bonds. The van der Waals surface area contributed by atoms with E-state index in [-0.39, 0.29) is 11.7 Å². The van der Waals surface area contributed by atoms with Gasteiger partial charge in [0.05, 0.1) is 11.0 Å². The summed E-state index contributed by atoms with van der Waals surface area (Å²) < 4.78 is 0. The lowest BCUT2D eigenvalue weighted by Crippen LogP contribution is -2.12. The Morgan fingerprint density at radius 2 is 1.96 bits per heavy atom. The van der Waals surface area contributed by atoms with Crippen molar-refractivity contribution < 1.29 is 4.92 Å². The molecule has 0 aliphatic carbocycles. The number of thiophene rings is 1. The maximum absolute atomic E-state index is 10.7. The number of aromatic nitrogens is 1. The number of anilines is 1. The Labute approximate surface area is 137 Å². The molecule has 0 saturated carbocycles. The first-order valence-electron chi connectivity index (χ1n) is 7.10. The normalized spacial score (nSPS) is 11.9. The van der Waals surface area contributed by atoms with Crippen molar-refractivity contribution in [2.45, 2.75) is 13.0 Å². The summed E-state index contributed by atoms with van der Waals surface area (Å²) in [5, 5.41) is 16.1. The van der Waals surface area contributed by atoms with Crippen LogP contribution >= 0.6 is 11.3 Å². The summed E-state index contributed by atoms with van der Waals surface area (Å²) in [7, 11) is 0. The Kier molecular flexibility index (Phi) is 4.34. The molecule has 0 aliphatic rings. The van der Waals surface area contributed by atoms with Gasteiger partial charge >= 0.3 is 0 Å². The van der Waals surface area contributed by atoms with E-state index in [0.29, 0.717) is 5.82 Å². The molecule has 0 fully saturated rings. The second kappa shape index (κ2) is 6.58. The molecule has 6 heteroatoms. The van der Waals surface area contributed by atoms with Gasteiger partial charge in [0.25, 0.3) is 5.69 Å². The molecule has 23 heavy (non-hydrogen) atoms. The van der Waals surface area contributed by atoms with Crippen LogP contribution in [0.5, 0.6) is 0 Å². The zero-order chi connectivity index (χ0) is 16.2.